The molecule has 0 heterocycles. The highest BCUT2D eigenvalue weighted by Crippen LogP contribution is 2.36. The van der Waals surface area contributed by atoms with Gasteiger partial charge in [0, 0.05) is 6.61 Å². The van der Waals surface area contributed by atoms with E-state index in [9.17, 15) is 0 Å². The Labute approximate surface area is 98.8 Å². The SMILES string of the molecule is CCOC1(C(COC(C)C)NN)CCCC1. The molecule has 3 N–H and O–H groups in total. The fraction of sp³-hybridized carbons (Fsp3) is 1.00. The monoisotopic (exact) mass is 230 g/mol. The van der Waals surface area contributed by atoms with Gasteiger partial charge >= 0.3 is 0 Å². The molecule has 1 aliphatic carbocycles. The smallest absolute Gasteiger partial charge is 0.0870 e. The Bertz CT molecular complexity index is 191. The van der Waals surface area contributed by atoms with E-state index < -0.39 is 0 Å². The third-order valence-corrected chi connectivity index (χ3v) is 3.31. The first-order valence-electron chi connectivity index (χ1n) is 6.36. The summed E-state index contributed by atoms with van der Waals surface area (Å²) in [7, 11) is 0. The Hall–Kier alpha value is -0.160. The molecule has 0 bridgehead atoms. The van der Waals surface area contributed by atoms with Crippen LogP contribution in [0.5, 0.6) is 0 Å². The summed E-state index contributed by atoms with van der Waals surface area (Å²) in [5, 5.41) is 0. The molecule has 4 heteroatoms. The summed E-state index contributed by atoms with van der Waals surface area (Å²) in [5.74, 6) is 5.64. The van der Waals surface area contributed by atoms with Crippen LogP contribution in [0.3, 0.4) is 0 Å². The Kier molecular flexibility index (Phi) is 5.69. The number of hydrogen-bond donors (Lipinski definition) is 2. The highest BCUT2D eigenvalue weighted by atomic mass is 16.5. The molecule has 0 aliphatic heterocycles. The number of nitrogens with two attached hydrogens (primary N) is 1. The molecule has 1 unspecified atom stereocenters. The second-order valence-electron chi connectivity index (χ2n) is 4.81. The predicted molar refractivity (Wildman–Crippen MR) is 65.0 cm³/mol. The maximum Gasteiger partial charge on any atom is 0.0870 e. The zero-order valence-corrected chi connectivity index (χ0v) is 10.8. The highest BCUT2D eigenvalue weighted by molar-refractivity contribution is 4.96. The molecule has 1 fully saturated rings. The molecular weight excluding hydrogens is 204 g/mol. The van der Waals surface area contributed by atoms with Crippen LogP contribution in [0.15, 0.2) is 0 Å². The molecule has 1 saturated carbocycles. The van der Waals surface area contributed by atoms with Gasteiger partial charge in [0.25, 0.3) is 0 Å². The minimum atomic E-state index is -0.113. The maximum absolute atomic E-state index is 5.95. The Morgan fingerprint density at radius 3 is 2.38 bits per heavy atom. The van der Waals surface area contributed by atoms with E-state index in [1.54, 1.807) is 0 Å². The minimum absolute atomic E-state index is 0.0948. The summed E-state index contributed by atoms with van der Waals surface area (Å²) in [5.41, 5.74) is 2.76. The van der Waals surface area contributed by atoms with Gasteiger partial charge in [0.1, 0.15) is 0 Å². The molecule has 0 aromatic rings. The topological polar surface area (TPSA) is 56.5 Å². The van der Waals surface area contributed by atoms with E-state index in [0.717, 1.165) is 19.4 Å². The molecule has 0 amide bonds. The van der Waals surface area contributed by atoms with Gasteiger partial charge in [0.2, 0.25) is 0 Å². The quantitative estimate of drug-likeness (QED) is 0.515. The number of rotatable bonds is 7. The fourth-order valence-corrected chi connectivity index (χ4v) is 2.49. The molecule has 96 valence electrons. The predicted octanol–water partition coefficient (Wildman–Crippen LogP) is 1.59. The van der Waals surface area contributed by atoms with Crippen molar-refractivity contribution in [2.45, 2.75) is 64.2 Å². The standard InChI is InChI=1S/C12H26N2O2/c1-4-16-12(7-5-6-8-12)11(14-13)9-15-10(2)3/h10-11,14H,4-9,13H2,1-3H3. The van der Waals surface area contributed by atoms with Gasteiger partial charge < -0.3 is 9.47 Å². The van der Waals surface area contributed by atoms with Crippen LogP contribution in [-0.4, -0.2) is 31.0 Å². The van der Waals surface area contributed by atoms with Gasteiger partial charge in [-0.3, -0.25) is 11.3 Å². The van der Waals surface area contributed by atoms with Crippen molar-refractivity contribution in [3.05, 3.63) is 0 Å². The van der Waals surface area contributed by atoms with Crippen molar-refractivity contribution in [2.75, 3.05) is 13.2 Å². The maximum atomic E-state index is 5.95. The molecule has 0 aromatic heterocycles. The van der Waals surface area contributed by atoms with E-state index >= 15 is 0 Å². The highest BCUT2D eigenvalue weighted by Gasteiger charge is 2.41. The molecular formula is C12H26N2O2. The zero-order valence-electron chi connectivity index (χ0n) is 10.8. The number of hydrogen-bond acceptors (Lipinski definition) is 4. The number of nitrogens with one attached hydrogen (secondary N) is 1. The molecule has 1 atom stereocenters. The van der Waals surface area contributed by atoms with Crippen molar-refractivity contribution in [1.82, 2.24) is 5.43 Å². The van der Waals surface area contributed by atoms with Crippen LogP contribution >= 0.6 is 0 Å². The summed E-state index contributed by atoms with van der Waals surface area (Å²) >= 11 is 0. The van der Waals surface area contributed by atoms with Gasteiger partial charge in [0.05, 0.1) is 24.4 Å². The van der Waals surface area contributed by atoms with Crippen LogP contribution in [-0.2, 0) is 9.47 Å². The molecule has 4 nitrogen and oxygen atoms in total. The Morgan fingerprint density at radius 1 is 1.31 bits per heavy atom. The van der Waals surface area contributed by atoms with E-state index in [1.807, 2.05) is 20.8 Å². The Balaban J connectivity index is 2.58. The van der Waals surface area contributed by atoms with Gasteiger partial charge in [0.15, 0.2) is 0 Å². The van der Waals surface area contributed by atoms with Crippen molar-refractivity contribution >= 4 is 0 Å². The van der Waals surface area contributed by atoms with Crippen molar-refractivity contribution in [1.29, 1.82) is 0 Å². The van der Waals surface area contributed by atoms with E-state index in [-0.39, 0.29) is 17.7 Å². The lowest BCUT2D eigenvalue weighted by molar-refractivity contribution is -0.0861. The minimum Gasteiger partial charge on any atom is -0.377 e. The van der Waals surface area contributed by atoms with Crippen LogP contribution in [0.4, 0.5) is 0 Å². The third kappa shape index (κ3) is 3.42. The third-order valence-electron chi connectivity index (χ3n) is 3.31. The Morgan fingerprint density at radius 2 is 1.94 bits per heavy atom. The van der Waals surface area contributed by atoms with Gasteiger partial charge in [-0.25, -0.2) is 0 Å². The number of ether oxygens (including phenoxy) is 2. The first-order chi connectivity index (χ1) is 7.64. The molecule has 16 heavy (non-hydrogen) atoms. The van der Waals surface area contributed by atoms with Crippen molar-refractivity contribution in [3.63, 3.8) is 0 Å². The van der Waals surface area contributed by atoms with Crippen LogP contribution in [0.2, 0.25) is 0 Å². The molecule has 1 aliphatic rings. The second-order valence-corrected chi connectivity index (χ2v) is 4.81. The van der Waals surface area contributed by atoms with Crippen molar-refractivity contribution in [3.8, 4) is 0 Å². The van der Waals surface area contributed by atoms with E-state index in [4.69, 9.17) is 15.3 Å². The summed E-state index contributed by atoms with van der Waals surface area (Å²) < 4.78 is 11.6. The molecule has 0 spiro atoms. The van der Waals surface area contributed by atoms with Crippen molar-refractivity contribution < 1.29 is 9.47 Å². The largest absolute Gasteiger partial charge is 0.377 e. The first kappa shape index (κ1) is 13.9. The van der Waals surface area contributed by atoms with Crippen LogP contribution in [0, 0.1) is 0 Å². The lowest BCUT2D eigenvalue weighted by Gasteiger charge is -2.37. The van der Waals surface area contributed by atoms with E-state index in [1.165, 1.54) is 12.8 Å². The summed E-state index contributed by atoms with van der Waals surface area (Å²) in [6, 6.07) is 0.0948. The average molecular weight is 230 g/mol. The molecule has 0 aromatic carbocycles. The zero-order chi connectivity index (χ0) is 12.0. The summed E-state index contributed by atoms with van der Waals surface area (Å²) in [4.78, 5) is 0. The lowest BCUT2D eigenvalue weighted by Crippen LogP contribution is -2.56. The lowest BCUT2D eigenvalue weighted by atomic mass is 9.92. The molecule has 1 rings (SSSR count). The second kappa shape index (κ2) is 6.55. The average Bonchev–Trinajstić information content (AvgIpc) is 2.68. The van der Waals surface area contributed by atoms with Crippen LogP contribution < -0.4 is 11.3 Å². The van der Waals surface area contributed by atoms with Gasteiger partial charge in [-0.1, -0.05) is 12.8 Å². The van der Waals surface area contributed by atoms with Crippen LogP contribution in [0.25, 0.3) is 0 Å². The van der Waals surface area contributed by atoms with Gasteiger partial charge in [-0.15, -0.1) is 0 Å². The normalized spacial score (nSPS) is 21.6. The summed E-state index contributed by atoms with van der Waals surface area (Å²) in [6.07, 6.45) is 4.84. The van der Waals surface area contributed by atoms with Crippen LogP contribution in [0.1, 0.15) is 46.5 Å². The first-order valence-corrected chi connectivity index (χ1v) is 6.36. The number of hydrazine groups is 1. The van der Waals surface area contributed by atoms with E-state index in [0.29, 0.717) is 6.61 Å². The van der Waals surface area contributed by atoms with Gasteiger partial charge in [-0.05, 0) is 33.6 Å². The van der Waals surface area contributed by atoms with E-state index in [2.05, 4.69) is 5.43 Å². The fourth-order valence-electron chi connectivity index (χ4n) is 2.49. The molecule has 0 saturated heterocycles. The van der Waals surface area contributed by atoms with Gasteiger partial charge in [-0.2, -0.15) is 0 Å². The van der Waals surface area contributed by atoms with Crippen molar-refractivity contribution in [2.24, 2.45) is 5.84 Å². The summed E-state index contributed by atoms with van der Waals surface area (Å²) in [6.45, 7) is 7.47. The molecule has 0 radical (unpaired) electrons.